The molecule has 0 aliphatic carbocycles. The standard InChI is InChI=1S/C16H17BrClNO/c1-19-14(11-20-15-5-3-2-4-6-15)9-12-7-8-13(17)10-16(12)18/h2-8,10,14,19H,9,11H2,1H3. The monoisotopic (exact) mass is 353 g/mol. The summed E-state index contributed by atoms with van der Waals surface area (Å²) >= 11 is 9.67. The minimum Gasteiger partial charge on any atom is -0.492 e. The maximum atomic E-state index is 6.25. The minimum absolute atomic E-state index is 0.217. The highest BCUT2D eigenvalue weighted by Crippen LogP contribution is 2.22. The van der Waals surface area contributed by atoms with E-state index in [1.165, 1.54) is 0 Å². The lowest BCUT2D eigenvalue weighted by Crippen LogP contribution is -2.33. The van der Waals surface area contributed by atoms with Gasteiger partial charge in [0.2, 0.25) is 0 Å². The van der Waals surface area contributed by atoms with Crippen molar-refractivity contribution in [2.75, 3.05) is 13.7 Å². The maximum Gasteiger partial charge on any atom is 0.119 e. The van der Waals surface area contributed by atoms with Crippen LogP contribution in [0.2, 0.25) is 5.02 Å². The fourth-order valence-electron chi connectivity index (χ4n) is 1.91. The molecule has 0 radical (unpaired) electrons. The van der Waals surface area contributed by atoms with Gasteiger partial charge in [0, 0.05) is 15.5 Å². The van der Waals surface area contributed by atoms with Crippen LogP contribution in [0.25, 0.3) is 0 Å². The van der Waals surface area contributed by atoms with Crippen molar-refractivity contribution in [2.24, 2.45) is 0 Å². The Hall–Kier alpha value is -1.03. The zero-order valence-corrected chi connectivity index (χ0v) is 13.6. The summed E-state index contributed by atoms with van der Waals surface area (Å²) in [7, 11) is 1.94. The molecule has 0 aliphatic rings. The van der Waals surface area contributed by atoms with Crippen molar-refractivity contribution >= 4 is 27.5 Å². The lowest BCUT2D eigenvalue weighted by Gasteiger charge is -2.18. The van der Waals surface area contributed by atoms with E-state index in [1.54, 1.807) is 0 Å². The molecule has 0 saturated carbocycles. The van der Waals surface area contributed by atoms with Crippen LogP contribution < -0.4 is 10.1 Å². The van der Waals surface area contributed by atoms with E-state index >= 15 is 0 Å². The number of likely N-dealkylation sites (N-methyl/N-ethyl adjacent to an activating group) is 1. The van der Waals surface area contributed by atoms with Crippen molar-refractivity contribution in [3.63, 3.8) is 0 Å². The molecule has 0 aromatic heterocycles. The van der Waals surface area contributed by atoms with Gasteiger partial charge in [0.25, 0.3) is 0 Å². The van der Waals surface area contributed by atoms with Crippen LogP contribution in [0.15, 0.2) is 53.0 Å². The second kappa shape index (κ2) is 7.67. The van der Waals surface area contributed by atoms with E-state index in [0.717, 1.165) is 27.2 Å². The molecule has 0 fully saturated rings. The van der Waals surface area contributed by atoms with E-state index in [4.69, 9.17) is 16.3 Å². The molecule has 0 spiro atoms. The Kier molecular flexibility index (Phi) is 5.89. The molecule has 1 N–H and O–H groups in total. The van der Waals surface area contributed by atoms with Crippen molar-refractivity contribution < 1.29 is 4.74 Å². The lowest BCUT2D eigenvalue weighted by atomic mass is 10.1. The number of rotatable bonds is 6. The summed E-state index contributed by atoms with van der Waals surface area (Å²) in [5, 5.41) is 4.04. The second-order valence-electron chi connectivity index (χ2n) is 4.55. The molecule has 2 nitrogen and oxygen atoms in total. The van der Waals surface area contributed by atoms with Gasteiger partial charge in [-0.15, -0.1) is 0 Å². The van der Waals surface area contributed by atoms with E-state index in [2.05, 4.69) is 21.2 Å². The average molecular weight is 355 g/mol. The Morgan fingerprint density at radius 2 is 1.95 bits per heavy atom. The zero-order valence-electron chi connectivity index (χ0n) is 11.3. The van der Waals surface area contributed by atoms with Gasteiger partial charge in [-0.1, -0.05) is 51.8 Å². The molecule has 2 aromatic carbocycles. The average Bonchev–Trinajstić information content (AvgIpc) is 2.46. The molecule has 0 bridgehead atoms. The Morgan fingerprint density at radius 1 is 1.20 bits per heavy atom. The van der Waals surface area contributed by atoms with Gasteiger partial charge in [-0.2, -0.15) is 0 Å². The van der Waals surface area contributed by atoms with Crippen molar-refractivity contribution in [3.8, 4) is 5.75 Å². The van der Waals surface area contributed by atoms with Gasteiger partial charge in [-0.05, 0) is 43.3 Å². The summed E-state index contributed by atoms with van der Waals surface area (Å²) in [5.74, 6) is 0.884. The first kappa shape index (κ1) is 15.4. The first-order chi connectivity index (χ1) is 9.69. The topological polar surface area (TPSA) is 21.3 Å². The normalized spacial score (nSPS) is 12.2. The third-order valence-electron chi connectivity index (χ3n) is 3.08. The molecule has 4 heteroatoms. The predicted octanol–water partition coefficient (Wildman–Crippen LogP) is 4.31. The van der Waals surface area contributed by atoms with Crippen LogP contribution in [-0.2, 0) is 6.42 Å². The molecule has 1 unspecified atom stereocenters. The van der Waals surface area contributed by atoms with Gasteiger partial charge in [-0.3, -0.25) is 0 Å². The largest absolute Gasteiger partial charge is 0.492 e. The highest BCUT2D eigenvalue weighted by molar-refractivity contribution is 9.10. The summed E-state index contributed by atoms with van der Waals surface area (Å²) in [6.45, 7) is 0.604. The van der Waals surface area contributed by atoms with E-state index < -0.39 is 0 Å². The first-order valence-corrected chi connectivity index (χ1v) is 7.65. The van der Waals surface area contributed by atoms with Gasteiger partial charge < -0.3 is 10.1 Å². The number of benzene rings is 2. The summed E-state index contributed by atoms with van der Waals surface area (Å²) in [6.07, 6.45) is 0.829. The molecule has 2 rings (SSSR count). The number of nitrogens with one attached hydrogen (secondary N) is 1. The van der Waals surface area contributed by atoms with Crippen LogP contribution in [-0.4, -0.2) is 19.7 Å². The van der Waals surface area contributed by atoms with Crippen molar-refractivity contribution in [2.45, 2.75) is 12.5 Å². The van der Waals surface area contributed by atoms with Crippen LogP contribution in [0.5, 0.6) is 5.75 Å². The first-order valence-electron chi connectivity index (χ1n) is 6.48. The molecule has 2 aromatic rings. The molecule has 0 heterocycles. The SMILES string of the molecule is CNC(COc1ccccc1)Cc1ccc(Br)cc1Cl. The molecule has 0 amide bonds. The van der Waals surface area contributed by atoms with Crippen molar-refractivity contribution in [1.29, 1.82) is 0 Å². The number of para-hydroxylation sites is 1. The number of hydrogen-bond donors (Lipinski definition) is 1. The Labute approximate surface area is 133 Å². The van der Waals surface area contributed by atoms with Gasteiger partial charge in [0.15, 0.2) is 0 Å². The number of ether oxygens (including phenoxy) is 1. The summed E-state index contributed by atoms with van der Waals surface area (Å²) in [4.78, 5) is 0. The lowest BCUT2D eigenvalue weighted by molar-refractivity contribution is 0.270. The molecule has 106 valence electrons. The van der Waals surface area contributed by atoms with Crippen LogP contribution in [0, 0.1) is 0 Å². The molecule has 1 atom stereocenters. The maximum absolute atomic E-state index is 6.25. The van der Waals surface area contributed by atoms with E-state index in [-0.39, 0.29) is 6.04 Å². The quantitative estimate of drug-likeness (QED) is 0.834. The summed E-state index contributed by atoms with van der Waals surface area (Å²) in [6, 6.07) is 16.0. The summed E-state index contributed by atoms with van der Waals surface area (Å²) in [5.41, 5.74) is 1.12. The molecular weight excluding hydrogens is 338 g/mol. The van der Waals surface area contributed by atoms with Gasteiger partial charge in [0.1, 0.15) is 12.4 Å². The smallest absolute Gasteiger partial charge is 0.119 e. The van der Waals surface area contributed by atoms with E-state index in [9.17, 15) is 0 Å². The molecule has 0 saturated heterocycles. The fourth-order valence-corrected chi connectivity index (χ4v) is 2.66. The van der Waals surface area contributed by atoms with E-state index in [1.807, 2.05) is 55.6 Å². The van der Waals surface area contributed by atoms with E-state index in [0.29, 0.717) is 6.61 Å². The summed E-state index contributed by atoms with van der Waals surface area (Å²) < 4.78 is 6.77. The molecular formula is C16H17BrClNO. The highest BCUT2D eigenvalue weighted by atomic mass is 79.9. The predicted molar refractivity (Wildman–Crippen MR) is 87.6 cm³/mol. The van der Waals surface area contributed by atoms with Crippen LogP contribution >= 0.6 is 27.5 Å². The Bertz CT molecular complexity index is 547. The third kappa shape index (κ3) is 4.51. The third-order valence-corrected chi connectivity index (χ3v) is 3.93. The van der Waals surface area contributed by atoms with Gasteiger partial charge in [-0.25, -0.2) is 0 Å². The van der Waals surface area contributed by atoms with Gasteiger partial charge >= 0.3 is 0 Å². The number of hydrogen-bond acceptors (Lipinski definition) is 2. The molecule has 0 aliphatic heterocycles. The highest BCUT2D eigenvalue weighted by Gasteiger charge is 2.11. The minimum atomic E-state index is 0.217. The van der Waals surface area contributed by atoms with Crippen LogP contribution in [0.4, 0.5) is 0 Å². The zero-order chi connectivity index (χ0) is 14.4. The Morgan fingerprint density at radius 3 is 2.60 bits per heavy atom. The van der Waals surface area contributed by atoms with Gasteiger partial charge in [0.05, 0.1) is 0 Å². The Balaban J connectivity index is 1.95. The second-order valence-corrected chi connectivity index (χ2v) is 5.87. The molecule has 20 heavy (non-hydrogen) atoms. The fraction of sp³-hybridized carbons (Fsp3) is 0.250. The number of halogens is 2. The van der Waals surface area contributed by atoms with Crippen molar-refractivity contribution in [1.82, 2.24) is 5.32 Å². The van der Waals surface area contributed by atoms with Crippen LogP contribution in [0.3, 0.4) is 0 Å². The van der Waals surface area contributed by atoms with Crippen molar-refractivity contribution in [3.05, 3.63) is 63.6 Å². The van der Waals surface area contributed by atoms with Crippen LogP contribution in [0.1, 0.15) is 5.56 Å².